The zero-order valence-corrected chi connectivity index (χ0v) is 13.9. The van der Waals surface area contributed by atoms with Gasteiger partial charge in [-0.25, -0.2) is 0 Å². The van der Waals surface area contributed by atoms with Crippen molar-refractivity contribution in [3.05, 3.63) is 23.8 Å². The molecule has 0 N–H and O–H groups in total. The molecule has 1 aromatic rings. The van der Waals surface area contributed by atoms with E-state index in [2.05, 4.69) is 6.92 Å². The van der Waals surface area contributed by atoms with Gasteiger partial charge in [-0.15, -0.1) is 0 Å². The van der Waals surface area contributed by atoms with Crippen LogP contribution in [0.3, 0.4) is 0 Å². The van der Waals surface area contributed by atoms with Crippen molar-refractivity contribution in [3.63, 3.8) is 0 Å². The summed E-state index contributed by atoms with van der Waals surface area (Å²) < 4.78 is 10.7. The number of hydrogen-bond donors (Lipinski definition) is 0. The fourth-order valence-corrected chi connectivity index (χ4v) is 2.64. The molecule has 0 unspecified atom stereocenters. The normalized spacial score (nSPS) is 13.8. The number of amides is 1. The predicted octanol–water partition coefficient (Wildman–Crippen LogP) is 3.78. The van der Waals surface area contributed by atoms with Gasteiger partial charge in [-0.3, -0.25) is 4.79 Å². The summed E-state index contributed by atoms with van der Waals surface area (Å²) in [5.41, 5.74) is 1.04. The first-order chi connectivity index (χ1) is 10.7. The van der Waals surface area contributed by atoms with Gasteiger partial charge in [0.25, 0.3) is 0 Å². The van der Waals surface area contributed by atoms with Gasteiger partial charge in [-0.2, -0.15) is 0 Å². The van der Waals surface area contributed by atoms with Gasteiger partial charge in [0, 0.05) is 30.6 Å². The van der Waals surface area contributed by atoms with E-state index in [1.54, 1.807) is 14.2 Å². The molecule has 0 aliphatic heterocycles. The van der Waals surface area contributed by atoms with Crippen molar-refractivity contribution < 1.29 is 14.3 Å². The summed E-state index contributed by atoms with van der Waals surface area (Å²) >= 11 is 0. The van der Waals surface area contributed by atoms with E-state index >= 15 is 0 Å². The Morgan fingerprint density at radius 2 is 2.00 bits per heavy atom. The Morgan fingerprint density at radius 1 is 1.23 bits per heavy atom. The lowest BCUT2D eigenvalue weighted by atomic mass is 10.1. The number of rotatable bonds is 9. The molecule has 2 rings (SSSR count). The second-order valence-corrected chi connectivity index (χ2v) is 5.89. The SMILES string of the molecule is CCCCCC(=O)N(Cc1ccc(OC)cc1OC)C1CC1. The fourth-order valence-electron chi connectivity index (χ4n) is 2.64. The van der Waals surface area contributed by atoms with E-state index in [9.17, 15) is 4.79 Å². The third-order valence-electron chi connectivity index (χ3n) is 4.14. The van der Waals surface area contributed by atoms with Crippen molar-refractivity contribution in [2.24, 2.45) is 0 Å². The maximum atomic E-state index is 12.5. The molecule has 22 heavy (non-hydrogen) atoms. The largest absolute Gasteiger partial charge is 0.497 e. The number of carbonyl (C=O) groups is 1. The Kier molecular flexibility index (Phi) is 6.10. The monoisotopic (exact) mass is 305 g/mol. The number of carbonyl (C=O) groups excluding carboxylic acids is 1. The molecule has 0 spiro atoms. The molecule has 0 radical (unpaired) electrons. The lowest BCUT2D eigenvalue weighted by Gasteiger charge is -2.24. The molecule has 4 heteroatoms. The average Bonchev–Trinajstić information content (AvgIpc) is 3.37. The molecular weight excluding hydrogens is 278 g/mol. The van der Waals surface area contributed by atoms with Gasteiger partial charge in [0.1, 0.15) is 11.5 Å². The van der Waals surface area contributed by atoms with Gasteiger partial charge in [-0.05, 0) is 31.4 Å². The maximum absolute atomic E-state index is 12.5. The summed E-state index contributed by atoms with van der Waals surface area (Å²) in [5.74, 6) is 1.83. The zero-order valence-electron chi connectivity index (χ0n) is 13.9. The standard InChI is InChI=1S/C18H27NO3/c1-4-5-6-7-18(20)19(15-9-10-15)13-14-8-11-16(21-2)12-17(14)22-3/h8,11-12,15H,4-7,9-10,13H2,1-3H3. The molecule has 0 bridgehead atoms. The number of nitrogens with zero attached hydrogens (tertiary/aromatic N) is 1. The zero-order chi connectivity index (χ0) is 15.9. The molecule has 1 fully saturated rings. The summed E-state index contributed by atoms with van der Waals surface area (Å²) in [6.07, 6.45) is 6.15. The van der Waals surface area contributed by atoms with Crippen LogP contribution in [0.4, 0.5) is 0 Å². The molecule has 1 saturated carbocycles. The third kappa shape index (κ3) is 4.39. The number of benzene rings is 1. The minimum atomic E-state index is 0.272. The maximum Gasteiger partial charge on any atom is 0.223 e. The summed E-state index contributed by atoms with van der Waals surface area (Å²) in [5, 5.41) is 0. The van der Waals surface area contributed by atoms with Gasteiger partial charge in [-0.1, -0.05) is 19.8 Å². The summed E-state index contributed by atoms with van der Waals surface area (Å²) in [6.45, 7) is 2.79. The summed E-state index contributed by atoms with van der Waals surface area (Å²) in [6, 6.07) is 6.21. The van der Waals surface area contributed by atoms with Crippen molar-refractivity contribution in [2.75, 3.05) is 14.2 Å². The smallest absolute Gasteiger partial charge is 0.223 e. The van der Waals surface area contributed by atoms with Crippen LogP contribution in [0.15, 0.2) is 18.2 Å². The van der Waals surface area contributed by atoms with Crippen LogP contribution < -0.4 is 9.47 Å². The van der Waals surface area contributed by atoms with Crippen molar-refractivity contribution in [1.29, 1.82) is 0 Å². The molecule has 1 aromatic carbocycles. The first-order valence-corrected chi connectivity index (χ1v) is 8.20. The fraction of sp³-hybridized carbons (Fsp3) is 0.611. The molecule has 122 valence electrons. The highest BCUT2D eigenvalue weighted by molar-refractivity contribution is 5.77. The molecule has 0 heterocycles. The highest BCUT2D eigenvalue weighted by atomic mass is 16.5. The highest BCUT2D eigenvalue weighted by Crippen LogP contribution is 2.32. The average molecular weight is 305 g/mol. The molecular formula is C18H27NO3. The van der Waals surface area contributed by atoms with Crippen LogP contribution in [-0.4, -0.2) is 31.1 Å². The quantitative estimate of drug-likeness (QED) is 0.652. The van der Waals surface area contributed by atoms with Gasteiger partial charge in [0.2, 0.25) is 5.91 Å². The van der Waals surface area contributed by atoms with Crippen molar-refractivity contribution in [3.8, 4) is 11.5 Å². The van der Waals surface area contributed by atoms with Crippen LogP contribution >= 0.6 is 0 Å². The van der Waals surface area contributed by atoms with E-state index in [-0.39, 0.29) is 5.91 Å². The van der Waals surface area contributed by atoms with E-state index in [0.29, 0.717) is 19.0 Å². The number of ether oxygens (including phenoxy) is 2. The molecule has 1 aliphatic rings. The highest BCUT2D eigenvalue weighted by Gasteiger charge is 2.32. The third-order valence-corrected chi connectivity index (χ3v) is 4.14. The lowest BCUT2D eigenvalue weighted by Crippen LogP contribution is -2.32. The van der Waals surface area contributed by atoms with Gasteiger partial charge < -0.3 is 14.4 Å². The minimum Gasteiger partial charge on any atom is -0.497 e. The Morgan fingerprint density at radius 3 is 2.59 bits per heavy atom. The molecule has 0 saturated heterocycles. The van der Waals surface area contributed by atoms with Crippen LogP contribution in [0.5, 0.6) is 11.5 Å². The van der Waals surface area contributed by atoms with Crippen molar-refractivity contribution in [1.82, 2.24) is 4.90 Å². The van der Waals surface area contributed by atoms with Crippen LogP contribution in [0.2, 0.25) is 0 Å². The predicted molar refractivity (Wildman–Crippen MR) is 87.3 cm³/mol. The Labute approximate surface area is 133 Å². The molecule has 0 atom stereocenters. The second kappa shape index (κ2) is 8.06. The van der Waals surface area contributed by atoms with Crippen molar-refractivity contribution in [2.45, 2.75) is 58.0 Å². The van der Waals surface area contributed by atoms with Crippen LogP contribution in [-0.2, 0) is 11.3 Å². The van der Waals surface area contributed by atoms with Crippen LogP contribution in [0.1, 0.15) is 51.0 Å². The molecule has 0 aromatic heterocycles. The topological polar surface area (TPSA) is 38.8 Å². The molecule has 1 amide bonds. The Bertz CT molecular complexity index is 497. The lowest BCUT2D eigenvalue weighted by molar-refractivity contribution is -0.132. The van der Waals surface area contributed by atoms with Gasteiger partial charge in [0.15, 0.2) is 0 Å². The summed E-state index contributed by atoms with van der Waals surface area (Å²) in [7, 11) is 3.30. The first kappa shape index (κ1) is 16.7. The first-order valence-electron chi connectivity index (χ1n) is 8.20. The van der Waals surface area contributed by atoms with Crippen molar-refractivity contribution >= 4 is 5.91 Å². The second-order valence-electron chi connectivity index (χ2n) is 5.89. The number of methoxy groups -OCH3 is 2. The minimum absolute atomic E-state index is 0.272. The summed E-state index contributed by atoms with van der Waals surface area (Å²) in [4.78, 5) is 14.5. The number of unbranched alkanes of at least 4 members (excludes halogenated alkanes) is 2. The van der Waals surface area contributed by atoms with Gasteiger partial charge in [0.05, 0.1) is 14.2 Å². The Hall–Kier alpha value is -1.71. The Balaban J connectivity index is 2.06. The molecule has 1 aliphatic carbocycles. The van der Waals surface area contributed by atoms with E-state index in [1.807, 2.05) is 23.1 Å². The van der Waals surface area contributed by atoms with E-state index in [0.717, 1.165) is 49.2 Å². The van der Waals surface area contributed by atoms with E-state index < -0.39 is 0 Å². The van der Waals surface area contributed by atoms with Crippen LogP contribution in [0.25, 0.3) is 0 Å². The number of hydrogen-bond acceptors (Lipinski definition) is 3. The van der Waals surface area contributed by atoms with Crippen LogP contribution in [0, 0.1) is 0 Å². The van der Waals surface area contributed by atoms with Gasteiger partial charge >= 0.3 is 0 Å². The van der Waals surface area contributed by atoms with E-state index in [1.165, 1.54) is 0 Å². The molecule has 4 nitrogen and oxygen atoms in total. The van der Waals surface area contributed by atoms with E-state index in [4.69, 9.17) is 9.47 Å².